The van der Waals surface area contributed by atoms with Crippen molar-refractivity contribution in [3.63, 3.8) is 0 Å². The molecular formula is C9H9NO6S. The van der Waals surface area contributed by atoms with Crippen LogP contribution in [0.4, 0.5) is 5.69 Å². The Morgan fingerprint density at radius 3 is 2.35 bits per heavy atom. The summed E-state index contributed by atoms with van der Waals surface area (Å²) >= 11 is 0. The molecule has 7 nitrogen and oxygen atoms in total. The molecular weight excluding hydrogens is 250 g/mol. The number of aliphatic hydroxyl groups excluding tert-OH is 1. The molecule has 0 aromatic heterocycles. The van der Waals surface area contributed by atoms with Crippen LogP contribution in [0.5, 0.6) is 0 Å². The SMILES string of the molecule is O=[N+]([O-])c1ccc(S(=O)(=O)[C@H](O)C2CO2)cc1. The van der Waals surface area contributed by atoms with Crippen molar-refractivity contribution in [1.82, 2.24) is 0 Å². The highest BCUT2D eigenvalue weighted by Gasteiger charge is 2.41. The molecule has 0 spiro atoms. The molecule has 2 rings (SSSR count). The molecule has 1 saturated heterocycles. The normalized spacial score (nSPS) is 20.9. The second kappa shape index (κ2) is 4.06. The lowest BCUT2D eigenvalue weighted by molar-refractivity contribution is -0.384. The van der Waals surface area contributed by atoms with E-state index in [2.05, 4.69) is 0 Å². The average Bonchev–Trinajstić information content (AvgIpc) is 3.12. The first kappa shape index (κ1) is 12.0. The zero-order valence-corrected chi connectivity index (χ0v) is 9.33. The van der Waals surface area contributed by atoms with Crippen LogP contribution in [0.25, 0.3) is 0 Å². The first-order valence-corrected chi connectivity index (χ1v) is 6.25. The summed E-state index contributed by atoms with van der Waals surface area (Å²) in [4.78, 5) is 9.61. The fourth-order valence-electron chi connectivity index (χ4n) is 1.32. The van der Waals surface area contributed by atoms with E-state index in [1.807, 2.05) is 0 Å². The smallest absolute Gasteiger partial charge is 0.269 e. The van der Waals surface area contributed by atoms with E-state index in [9.17, 15) is 23.6 Å². The Morgan fingerprint density at radius 2 is 1.94 bits per heavy atom. The Kier molecular flexibility index (Phi) is 2.86. The van der Waals surface area contributed by atoms with Crippen molar-refractivity contribution in [3.8, 4) is 0 Å². The summed E-state index contributed by atoms with van der Waals surface area (Å²) in [6, 6.07) is 4.35. The number of aliphatic hydroxyl groups is 1. The van der Waals surface area contributed by atoms with Crippen molar-refractivity contribution < 1.29 is 23.2 Å². The monoisotopic (exact) mass is 259 g/mol. The summed E-state index contributed by atoms with van der Waals surface area (Å²) in [6.07, 6.45) is -0.699. The van der Waals surface area contributed by atoms with Gasteiger partial charge in [0.15, 0.2) is 5.44 Å². The van der Waals surface area contributed by atoms with E-state index in [-0.39, 0.29) is 17.2 Å². The van der Waals surface area contributed by atoms with Crippen molar-refractivity contribution in [3.05, 3.63) is 34.4 Å². The largest absolute Gasteiger partial charge is 0.375 e. The number of benzene rings is 1. The first-order valence-electron chi connectivity index (χ1n) is 4.71. The molecule has 17 heavy (non-hydrogen) atoms. The number of rotatable bonds is 4. The molecule has 1 heterocycles. The quantitative estimate of drug-likeness (QED) is 0.466. The van der Waals surface area contributed by atoms with Crippen molar-refractivity contribution in [2.45, 2.75) is 16.4 Å². The maximum Gasteiger partial charge on any atom is 0.269 e. The molecule has 2 atom stereocenters. The fraction of sp³-hybridized carbons (Fsp3) is 0.333. The molecule has 1 fully saturated rings. The first-order chi connectivity index (χ1) is 7.93. The fourth-order valence-corrected chi connectivity index (χ4v) is 2.67. The molecule has 0 bridgehead atoms. The Hall–Kier alpha value is -1.51. The van der Waals surface area contributed by atoms with Crippen LogP contribution < -0.4 is 0 Å². The van der Waals surface area contributed by atoms with Gasteiger partial charge in [0.25, 0.3) is 5.69 Å². The third-order valence-corrected chi connectivity index (χ3v) is 4.24. The van der Waals surface area contributed by atoms with Crippen LogP contribution in [0.15, 0.2) is 29.2 Å². The maximum absolute atomic E-state index is 11.8. The Morgan fingerprint density at radius 1 is 1.41 bits per heavy atom. The van der Waals surface area contributed by atoms with Crippen molar-refractivity contribution in [2.24, 2.45) is 0 Å². The molecule has 0 amide bonds. The molecule has 1 aromatic carbocycles. The molecule has 1 aliphatic rings. The number of hydrogen-bond donors (Lipinski definition) is 1. The van der Waals surface area contributed by atoms with E-state index in [1.165, 1.54) is 0 Å². The molecule has 92 valence electrons. The Labute approximate surface area is 96.7 Å². The van der Waals surface area contributed by atoms with Gasteiger partial charge in [0.2, 0.25) is 9.84 Å². The predicted octanol–water partition coefficient (Wildman–Crippen LogP) is 0.0857. The Bertz CT molecular complexity index is 533. The molecule has 1 unspecified atom stereocenters. The third kappa shape index (κ3) is 2.28. The van der Waals surface area contributed by atoms with E-state index in [1.54, 1.807) is 0 Å². The van der Waals surface area contributed by atoms with Crippen LogP contribution in [0.1, 0.15) is 0 Å². The highest BCUT2D eigenvalue weighted by Crippen LogP contribution is 2.25. The van der Waals surface area contributed by atoms with Gasteiger partial charge >= 0.3 is 0 Å². The number of sulfone groups is 1. The van der Waals surface area contributed by atoms with E-state index in [4.69, 9.17) is 4.74 Å². The predicted molar refractivity (Wildman–Crippen MR) is 56.0 cm³/mol. The standard InChI is InChI=1S/C9H9NO6S/c11-9(8-5-16-8)17(14,15)7-3-1-6(2-4-7)10(12)13/h1-4,8-9,11H,5H2/t8?,9-/m0/s1. The summed E-state index contributed by atoms with van der Waals surface area (Å²) in [5, 5.41) is 19.9. The zero-order valence-electron chi connectivity index (χ0n) is 8.52. The van der Waals surface area contributed by atoms with Gasteiger partial charge in [0.05, 0.1) is 16.4 Å². The van der Waals surface area contributed by atoms with Crippen LogP contribution in [0.3, 0.4) is 0 Å². The summed E-state index contributed by atoms with van der Waals surface area (Å²) in [7, 11) is -3.91. The van der Waals surface area contributed by atoms with Crippen LogP contribution in [0.2, 0.25) is 0 Å². The van der Waals surface area contributed by atoms with Gasteiger partial charge in [-0.15, -0.1) is 0 Å². The molecule has 8 heteroatoms. The van der Waals surface area contributed by atoms with Crippen LogP contribution in [-0.2, 0) is 14.6 Å². The summed E-state index contributed by atoms with van der Waals surface area (Å²) in [5.74, 6) is 0. The number of nitrogens with zero attached hydrogens (tertiary/aromatic N) is 1. The van der Waals surface area contributed by atoms with E-state index >= 15 is 0 Å². The second-order valence-corrected chi connectivity index (χ2v) is 5.60. The summed E-state index contributed by atoms with van der Waals surface area (Å²) in [6.45, 7) is 0.202. The maximum atomic E-state index is 11.8. The van der Waals surface area contributed by atoms with Gasteiger partial charge in [-0.2, -0.15) is 0 Å². The van der Waals surface area contributed by atoms with Crippen molar-refractivity contribution >= 4 is 15.5 Å². The number of hydrogen-bond acceptors (Lipinski definition) is 6. The average molecular weight is 259 g/mol. The van der Waals surface area contributed by atoms with Gasteiger partial charge in [0, 0.05) is 12.1 Å². The topological polar surface area (TPSA) is 110 Å². The van der Waals surface area contributed by atoms with E-state index < -0.39 is 26.3 Å². The molecule has 1 N–H and O–H groups in total. The molecule has 0 aliphatic carbocycles. The van der Waals surface area contributed by atoms with Crippen LogP contribution in [-0.4, -0.2) is 36.6 Å². The second-order valence-electron chi connectivity index (χ2n) is 3.56. The lowest BCUT2D eigenvalue weighted by Gasteiger charge is -2.08. The zero-order chi connectivity index (χ0) is 12.6. The molecule has 0 radical (unpaired) electrons. The van der Waals surface area contributed by atoms with Crippen LogP contribution >= 0.6 is 0 Å². The summed E-state index contributed by atoms with van der Waals surface area (Å²) in [5.41, 5.74) is -1.83. The minimum atomic E-state index is -3.91. The summed E-state index contributed by atoms with van der Waals surface area (Å²) < 4.78 is 28.3. The molecule has 1 aromatic rings. The number of non-ortho nitro benzene ring substituents is 1. The van der Waals surface area contributed by atoms with E-state index in [0.717, 1.165) is 24.3 Å². The number of epoxide rings is 1. The van der Waals surface area contributed by atoms with Gasteiger partial charge in [-0.3, -0.25) is 10.1 Å². The van der Waals surface area contributed by atoms with Gasteiger partial charge in [-0.1, -0.05) is 0 Å². The lowest BCUT2D eigenvalue weighted by Crippen LogP contribution is -2.26. The highest BCUT2D eigenvalue weighted by atomic mass is 32.2. The van der Waals surface area contributed by atoms with E-state index in [0.29, 0.717) is 0 Å². The van der Waals surface area contributed by atoms with Gasteiger partial charge in [-0.05, 0) is 12.1 Å². The number of nitro groups is 1. The molecule has 1 aliphatic heterocycles. The van der Waals surface area contributed by atoms with Gasteiger partial charge < -0.3 is 9.84 Å². The minimum Gasteiger partial charge on any atom is -0.375 e. The molecule has 0 saturated carbocycles. The lowest BCUT2D eigenvalue weighted by atomic mass is 10.3. The minimum absolute atomic E-state index is 0.161. The highest BCUT2D eigenvalue weighted by molar-refractivity contribution is 7.92. The number of ether oxygens (including phenoxy) is 1. The number of nitro benzene ring substituents is 1. The Balaban J connectivity index is 2.30. The van der Waals surface area contributed by atoms with Crippen molar-refractivity contribution in [1.29, 1.82) is 0 Å². The third-order valence-electron chi connectivity index (χ3n) is 2.37. The van der Waals surface area contributed by atoms with Gasteiger partial charge in [0.1, 0.15) is 6.10 Å². The van der Waals surface area contributed by atoms with Crippen molar-refractivity contribution in [2.75, 3.05) is 6.61 Å². The van der Waals surface area contributed by atoms with Gasteiger partial charge in [-0.25, -0.2) is 8.42 Å². The van der Waals surface area contributed by atoms with Crippen LogP contribution in [0, 0.1) is 10.1 Å².